The molecule has 0 aliphatic rings. The van der Waals surface area contributed by atoms with E-state index in [0.717, 1.165) is 12.1 Å². The quantitative estimate of drug-likeness (QED) is 0.256. The summed E-state index contributed by atoms with van der Waals surface area (Å²) in [6.45, 7) is 1.78. The third-order valence-electron chi connectivity index (χ3n) is 3.08. The van der Waals surface area contributed by atoms with Crippen LogP contribution in [0, 0.1) is 0 Å². The molecule has 11 heteroatoms. The zero-order valence-electron chi connectivity index (χ0n) is 12.6. The highest BCUT2D eigenvalue weighted by molar-refractivity contribution is 8.31. The van der Waals surface area contributed by atoms with Gasteiger partial charge in [0, 0.05) is 0 Å². The number of sulfone groups is 2. The predicted molar refractivity (Wildman–Crippen MR) is 80.6 cm³/mol. The molecular formula is C13H15F3N2O4S2. The van der Waals surface area contributed by atoms with Crippen molar-refractivity contribution in [2.24, 2.45) is 0 Å². The van der Waals surface area contributed by atoms with Crippen LogP contribution in [0.25, 0.3) is 5.53 Å². The maximum atomic E-state index is 13.0. The summed E-state index contributed by atoms with van der Waals surface area (Å²) in [5, 5.41) is 0. The Balaban J connectivity index is 3.47. The van der Waals surface area contributed by atoms with Gasteiger partial charge in [-0.25, -0.2) is 16.8 Å². The Hall–Kier alpha value is -1.71. The maximum absolute atomic E-state index is 13.0. The van der Waals surface area contributed by atoms with Gasteiger partial charge < -0.3 is 5.53 Å². The average Bonchev–Trinajstić information content (AvgIpc) is 2.46. The van der Waals surface area contributed by atoms with Crippen LogP contribution in [-0.4, -0.2) is 31.8 Å². The smallest absolute Gasteiger partial charge is 0.359 e. The molecule has 1 aromatic rings. The molecular weight excluding hydrogens is 369 g/mol. The summed E-state index contributed by atoms with van der Waals surface area (Å²) in [5.74, 6) is -0.645. The molecule has 0 saturated carbocycles. The standard InChI is InChI=1S/C13H15F3N2O4S2/c1-2-3-6-9-23(19,20)12(18-17)24(21,22)11-8-5-4-7-10(11)13(14,15)16/h4-5,7-8H,2-3,6,9H2,1H3. The van der Waals surface area contributed by atoms with Crippen LogP contribution in [-0.2, 0) is 25.9 Å². The van der Waals surface area contributed by atoms with Gasteiger partial charge in [0.25, 0.3) is 19.7 Å². The van der Waals surface area contributed by atoms with Crippen molar-refractivity contribution in [3.63, 3.8) is 0 Å². The van der Waals surface area contributed by atoms with Crippen LogP contribution < -0.4 is 0 Å². The normalized spacial score (nSPS) is 12.7. The van der Waals surface area contributed by atoms with Gasteiger partial charge in [0.1, 0.15) is 0 Å². The lowest BCUT2D eigenvalue weighted by Gasteiger charge is -2.11. The van der Waals surface area contributed by atoms with Crippen molar-refractivity contribution >= 4 is 24.1 Å². The van der Waals surface area contributed by atoms with Gasteiger partial charge in [-0.1, -0.05) is 31.9 Å². The van der Waals surface area contributed by atoms with Crippen LogP contribution in [0.5, 0.6) is 0 Å². The third-order valence-corrected chi connectivity index (χ3v) is 7.41. The molecule has 0 aromatic heterocycles. The van der Waals surface area contributed by atoms with E-state index in [-0.39, 0.29) is 6.42 Å². The van der Waals surface area contributed by atoms with Crippen molar-refractivity contribution in [3.05, 3.63) is 35.4 Å². The largest absolute Gasteiger partial charge is 0.499 e. The van der Waals surface area contributed by atoms with E-state index in [4.69, 9.17) is 5.53 Å². The van der Waals surface area contributed by atoms with Crippen LogP contribution in [0.1, 0.15) is 31.7 Å². The lowest BCUT2D eigenvalue weighted by atomic mass is 10.2. The van der Waals surface area contributed by atoms with E-state index in [9.17, 15) is 30.0 Å². The number of nitrogens with zero attached hydrogens (tertiary/aromatic N) is 2. The van der Waals surface area contributed by atoms with Crippen LogP contribution in [0.15, 0.2) is 29.2 Å². The predicted octanol–water partition coefficient (Wildman–Crippen LogP) is 2.67. The maximum Gasteiger partial charge on any atom is 0.499 e. The molecule has 6 nitrogen and oxygen atoms in total. The van der Waals surface area contributed by atoms with Gasteiger partial charge in [-0.2, -0.15) is 13.2 Å². The molecule has 0 atom stereocenters. The lowest BCUT2D eigenvalue weighted by molar-refractivity contribution is -0.139. The first-order chi connectivity index (χ1) is 11.0. The molecule has 24 heavy (non-hydrogen) atoms. The molecule has 0 heterocycles. The highest BCUT2D eigenvalue weighted by atomic mass is 32.3. The Morgan fingerprint density at radius 2 is 1.71 bits per heavy atom. The summed E-state index contributed by atoms with van der Waals surface area (Å²) < 4.78 is 86.1. The van der Waals surface area contributed by atoms with E-state index in [1.165, 1.54) is 0 Å². The summed E-state index contributed by atoms with van der Waals surface area (Å²) in [6, 6.07) is 3.10. The van der Waals surface area contributed by atoms with Gasteiger partial charge in [-0.3, -0.25) is 0 Å². The third kappa shape index (κ3) is 4.43. The number of hydrogen-bond acceptors (Lipinski definition) is 4. The Morgan fingerprint density at radius 1 is 1.12 bits per heavy atom. The molecule has 0 spiro atoms. The number of unbranched alkanes of at least 4 members (excludes halogenated alkanes) is 2. The topological polar surface area (TPSA) is 105 Å². The minimum Gasteiger partial charge on any atom is -0.359 e. The first-order valence-electron chi connectivity index (χ1n) is 6.84. The zero-order valence-corrected chi connectivity index (χ0v) is 14.2. The van der Waals surface area contributed by atoms with Gasteiger partial charge in [0.05, 0.1) is 16.2 Å². The first-order valence-corrected chi connectivity index (χ1v) is 9.98. The fourth-order valence-corrected chi connectivity index (χ4v) is 5.71. The van der Waals surface area contributed by atoms with Crippen molar-refractivity contribution in [2.75, 3.05) is 5.75 Å². The molecule has 0 bridgehead atoms. The number of benzene rings is 1. The fraction of sp³-hybridized carbons (Fsp3) is 0.462. The monoisotopic (exact) mass is 384 g/mol. The van der Waals surface area contributed by atoms with Gasteiger partial charge >= 0.3 is 10.6 Å². The number of hydrogen-bond donors (Lipinski definition) is 0. The second-order valence-electron chi connectivity index (χ2n) is 4.89. The lowest BCUT2D eigenvalue weighted by Crippen LogP contribution is -2.29. The minimum absolute atomic E-state index is 0.0916. The molecule has 1 aromatic carbocycles. The van der Waals surface area contributed by atoms with Crippen molar-refractivity contribution in [2.45, 2.75) is 37.3 Å². The molecule has 134 valence electrons. The van der Waals surface area contributed by atoms with Gasteiger partial charge in [-0.05, 0) is 18.6 Å². The van der Waals surface area contributed by atoms with E-state index in [1.807, 2.05) is 0 Å². The molecule has 0 aliphatic carbocycles. The second kappa shape index (κ2) is 7.45. The highest BCUT2D eigenvalue weighted by Gasteiger charge is 2.46. The van der Waals surface area contributed by atoms with Crippen LogP contribution >= 0.6 is 0 Å². The fourth-order valence-electron chi connectivity index (χ4n) is 1.94. The van der Waals surface area contributed by atoms with E-state index in [2.05, 4.69) is 4.79 Å². The zero-order chi connectivity index (χ0) is 18.6. The van der Waals surface area contributed by atoms with Crippen LogP contribution in [0.4, 0.5) is 13.2 Å². The van der Waals surface area contributed by atoms with Crippen molar-refractivity contribution in [1.29, 1.82) is 0 Å². The Labute approximate surface area is 137 Å². The Morgan fingerprint density at radius 3 is 2.21 bits per heavy atom. The molecule has 0 saturated heterocycles. The summed E-state index contributed by atoms with van der Waals surface area (Å²) >= 11 is 0. The number of halogens is 3. The average molecular weight is 384 g/mol. The van der Waals surface area contributed by atoms with Crippen molar-refractivity contribution < 1.29 is 34.8 Å². The molecule has 0 fully saturated rings. The molecule has 0 N–H and O–H groups in total. The van der Waals surface area contributed by atoms with E-state index < -0.39 is 46.4 Å². The van der Waals surface area contributed by atoms with Gasteiger partial charge in [0.2, 0.25) is 0 Å². The highest BCUT2D eigenvalue weighted by Crippen LogP contribution is 2.35. The van der Waals surface area contributed by atoms with Gasteiger partial charge in [0.15, 0.2) is 0 Å². The second-order valence-corrected chi connectivity index (χ2v) is 9.01. The molecule has 0 amide bonds. The van der Waals surface area contributed by atoms with Gasteiger partial charge in [-0.15, -0.1) is 4.79 Å². The molecule has 1 rings (SSSR count). The van der Waals surface area contributed by atoms with Crippen LogP contribution in [0.3, 0.4) is 0 Å². The molecule has 0 unspecified atom stereocenters. The number of rotatable bonds is 5. The van der Waals surface area contributed by atoms with Crippen molar-refractivity contribution in [3.8, 4) is 0 Å². The Bertz CT molecular complexity index is 855. The minimum atomic E-state index is -5.17. The van der Waals surface area contributed by atoms with E-state index >= 15 is 0 Å². The summed E-state index contributed by atoms with van der Waals surface area (Å²) in [6.07, 6.45) is -3.81. The van der Waals surface area contributed by atoms with Crippen molar-refractivity contribution in [1.82, 2.24) is 0 Å². The molecule has 0 radical (unpaired) electrons. The van der Waals surface area contributed by atoms with Crippen LogP contribution in [0.2, 0.25) is 0 Å². The molecule has 0 aliphatic heterocycles. The SMILES string of the molecule is CCCCCS(=O)(=O)C(=[N+]=[N-])S(=O)(=O)c1ccccc1C(F)(F)F. The first kappa shape index (κ1) is 20.3. The Kier molecular flexibility index (Phi) is 6.32. The summed E-state index contributed by atoms with van der Waals surface area (Å²) in [7, 11) is -9.74. The number of alkyl halides is 3. The van der Waals surface area contributed by atoms with E-state index in [0.29, 0.717) is 25.0 Å². The summed E-state index contributed by atoms with van der Waals surface area (Å²) in [4.78, 5) is 1.01. The van der Waals surface area contributed by atoms with E-state index in [1.54, 1.807) is 6.92 Å². The summed E-state index contributed by atoms with van der Waals surface area (Å²) in [5.41, 5.74) is 7.32.